The summed E-state index contributed by atoms with van der Waals surface area (Å²) in [6.07, 6.45) is 0. The lowest BCUT2D eigenvalue weighted by Crippen LogP contribution is -2.06. The topological polar surface area (TPSA) is 64.3 Å². The molecule has 0 amide bonds. The number of nitrogens with two attached hydrogens (primary N) is 1. The molecule has 0 atom stereocenters. The quantitative estimate of drug-likeness (QED) is 0.669. The van der Waals surface area contributed by atoms with Crippen LogP contribution in [-0.4, -0.2) is 13.1 Å². The molecule has 0 heterocycles. The molecule has 4 nitrogen and oxygen atoms in total. The van der Waals surface area contributed by atoms with E-state index in [0.29, 0.717) is 5.69 Å². The fourth-order valence-corrected chi connectivity index (χ4v) is 1.67. The fraction of sp³-hybridized carbons (Fsp3) is 0.0714. The predicted octanol–water partition coefficient (Wildman–Crippen LogP) is 3.08. The van der Waals surface area contributed by atoms with Crippen molar-refractivity contribution in [2.75, 3.05) is 18.2 Å². The Morgan fingerprint density at radius 1 is 1.20 bits per heavy atom. The molecule has 0 aromatic heterocycles. The van der Waals surface area contributed by atoms with Crippen LogP contribution in [0.5, 0.6) is 0 Å². The number of nitrogens with one attached hydrogen (secondary N) is 1. The maximum atomic E-state index is 13.5. The van der Waals surface area contributed by atoms with Crippen LogP contribution in [0.2, 0.25) is 0 Å². The highest BCUT2D eigenvalue weighted by atomic mass is 19.1. The van der Waals surface area contributed by atoms with Crippen molar-refractivity contribution in [2.45, 2.75) is 0 Å². The summed E-state index contributed by atoms with van der Waals surface area (Å²) in [7, 11) is 1.23. The molecule has 0 spiro atoms. The molecule has 0 aliphatic heterocycles. The lowest BCUT2D eigenvalue weighted by molar-refractivity contribution is 0.0602. The van der Waals surface area contributed by atoms with E-state index in [1.54, 1.807) is 6.07 Å². The van der Waals surface area contributed by atoms with Crippen LogP contribution in [0.15, 0.2) is 36.4 Å². The first-order valence-corrected chi connectivity index (χ1v) is 5.71. The summed E-state index contributed by atoms with van der Waals surface area (Å²) in [4.78, 5) is 11.5. The second-order valence-corrected chi connectivity index (χ2v) is 4.04. The standard InChI is InChI=1S/C14H12F2N2O2/c1-20-14(19)10-7-9(3-5-12(10)17)18-13-6-8(15)2-4-11(13)16/h2-7,18H,17H2,1H3. The third-order valence-electron chi connectivity index (χ3n) is 2.67. The van der Waals surface area contributed by atoms with Gasteiger partial charge in [-0.1, -0.05) is 0 Å². The minimum Gasteiger partial charge on any atom is -0.465 e. The highest BCUT2D eigenvalue weighted by Crippen LogP contribution is 2.24. The van der Waals surface area contributed by atoms with Gasteiger partial charge in [-0.15, -0.1) is 0 Å². The Morgan fingerprint density at radius 3 is 2.65 bits per heavy atom. The lowest BCUT2D eigenvalue weighted by Gasteiger charge is -2.10. The number of methoxy groups -OCH3 is 1. The van der Waals surface area contributed by atoms with Gasteiger partial charge in [-0.3, -0.25) is 0 Å². The maximum absolute atomic E-state index is 13.5. The van der Waals surface area contributed by atoms with Crippen LogP contribution < -0.4 is 11.1 Å². The molecule has 0 radical (unpaired) electrons. The zero-order chi connectivity index (χ0) is 14.7. The van der Waals surface area contributed by atoms with Crippen molar-refractivity contribution in [1.82, 2.24) is 0 Å². The number of hydrogen-bond acceptors (Lipinski definition) is 4. The van der Waals surface area contributed by atoms with Gasteiger partial charge in [-0.25, -0.2) is 13.6 Å². The van der Waals surface area contributed by atoms with Crippen molar-refractivity contribution in [2.24, 2.45) is 0 Å². The van der Waals surface area contributed by atoms with E-state index in [1.807, 2.05) is 0 Å². The highest BCUT2D eigenvalue weighted by Gasteiger charge is 2.11. The Labute approximate surface area is 114 Å². The van der Waals surface area contributed by atoms with Gasteiger partial charge in [0.05, 0.1) is 18.4 Å². The van der Waals surface area contributed by atoms with Gasteiger partial charge in [0, 0.05) is 17.4 Å². The predicted molar refractivity (Wildman–Crippen MR) is 71.8 cm³/mol. The molecule has 104 valence electrons. The summed E-state index contributed by atoms with van der Waals surface area (Å²) in [6.45, 7) is 0. The van der Waals surface area contributed by atoms with Crippen LogP contribution in [0.25, 0.3) is 0 Å². The third-order valence-corrected chi connectivity index (χ3v) is 2.67. The van der Waals surface area contributed by atoms with Gasteiger partial charge in [0.2, 0.25) is 0 Å². The molecule has 0 bridgehead atoms. The van der Waals surface area contributed by atoms with E-state index in [0.717, 1.165) is 18.2 Å². The largest absolute Gasteiger partial charge is 0.465 e. The van der Waals surface area contributed by atoms with Gasteiger partial charge in [-0.2, -0.15) is 0 Å². The van der Waals surface area contributed by atoms with Crippen LogP contribution in [0.1, 0.15) is 10.4 Å². The number of hydrogen-bond donors (Lipinski definition) is 2. The van der Waals surface area contributed by atoms with Crippen LogP contribution in [-0.2, 0) is 4.74 Å². The Bertz CT molecular complexity index is 660. The Hall–Kier alpha value is -2.63. The number of nitrogen functional groups attached to an aromatic ring is 1. The van der Waals surface area contributed by atoms with Gasteiger partial charge in [0.25, 0.3) is 0 Å². The van der Waals surface area contributed by atoms with E-state index >= 15 is 0 Å². The minimum atomic E-state index is -0.608. The second kappa shape index (κ2) is 5.56. The normalized spacial score (nSPS) is 10.2. The minimum absolute atomic E-state index is 0.0365. The van der Waals surface area contributed by atoms with Crippen LogP contribution >= 0.6 is 0 Å². The Kier molecular flexibility index (Phi) is 3.84. The molecule has 0 fully saturated rings. The van der Waals surface area contributed by atoms with Crippen molar-refractivity contribution < 1.29 is 18.3 Å². The molecule has 3 N–H and O–H groups in total. The van der Waals surface area contributed by atoms with E-state index in [1.165, 1.54) is 19.2 Å². The molecule has 0 saturated carbocycles. The first-order valence-electron chi connectivity index (χ1n) is 5.71. The zero-order valence-electron chi connectivity index (χ0n) is 10.6. The average molecular weight is 278 g/mol. The van der Waals surface area contributed by atoms with E-state index in [9.17, 15) is 13.6 Å². The van der Waals surface area contributed by atoms with E-state index in [-0.39, 0.29) is 16.9 Å². The van der Waals surface area contributed by atoms with Crippen molar-refractivity contribution in [3.63, 3.8) is 0 Å². The van der Waals surface area contributed by atoms with Gasteiger partial charge >= 0.3 is 5.97 Å². The third kappa shape index (κ3) is 2.85. The number of carbonyl (C=O) groups is 1. The van der Waals surface area contributed by atoms with E-state index in [2.05, 4.69) is 10.1 Å². The molecule has 0 saturated heterocycles. The molecule has 0 aliphatic carbocycles. The molecule has 2 rings (SSSR count). The molecular formula is C14H12F2N2O2. The number of esters is 1. The van der Waals surface area contributed by atoms with E-state index < -0.39 is 17.6 Å². The van der Waals surface area contributed by atoms with Gasteiger partial charge in [0.15, 0.2) is 0 Å². The molecule has 0 unspecified atom stereocenters. The van der Waals surface area contributed by atoms with Crippen molar-refractivity contribution in [1.29, 1.82) is 0 Å². The van der Waals surface area contributed by atoms with Crippen molar-refractivity contribution in [3.05, 3.63) is 53.6 Å². The number of carbonyl (C=O) groups excluding carboxylic acids is 1. The van der Waals surface area contributed by atoms with Crippen LogP contribution in [0, 0.1) is 11.6 Å². The first kappa shape index (κ1) is 13.8. The Morgan fingerprint density at radius 2 is 1.95 bits per heavy atom. The lowest BCUT2D eigenvalue weighted by atomic mass is 10.1. The summed E-state index contributed by atoms with van der Waals surface area (Å²) < 4.78 is 31.2. The summed E-state index contributed by atoms with van der Waals surface area (Å²) in [5.41, 5.74) is 6.39. The number of rotatable bonds is 3. The number of ether oxygens (including phenoxy) is 1. The van der Waals surface area contributed by atoms with Crippen molar-refractivity contribution in [3.8, 4) is 0 Å². The molecule has 2 aromatic rings. The van der Waals surface area contributed by atoms with Gasteiger partial charge < -0.3 is 15.8 Å². The summed E-state index contributed by atoms with van der Waals surface area (Å²) >= 11 is 0. The van der Waals surface area contributed by atoms with E-state index in [4.69, 9.17) is 5.73 Å². The number of benzene rings is 2. The summed E-state index contributed by atoms with van der Waals surface area (Å²) in [5.74, 6) is -1.79. The molecule has 2 aromatic carbocycles. The zero-order valence-corrected chi connectivity index (χ0v) is 10.6. The number of halogens is 2. The monoisotopic (exact) mass is 278 g/mol. The fourth-order valence-electron chi connectivity index (χ4n) is 1.67. The SMILES string of the molecule is COC(=O)c1cc(Nc2cc(F)ccc2F)ccc1N. The molecular weight excluding hydrogens is 266 g/mol. The first-order chi connectivity index (χ1) is 9.51. The second-order valence-electron chi connectivity index (χ2n) is 4.04. The van der Waals surface area contributed by atoms with Gasteiger partial charge in [-0.05, 0) is 30.3 Å². The summed E-state index contributed by atoms with van der Waals surface area (Å²) in [6, 6.07) is 7.48. The highest BCUT2D eigenvalue weighted by molar-refractivity contribution is 5.96. The van der Waals surface area contributed by atoms with Gasteiger partial charge in [0.1, 0.15) is 11.6 Å². The average Bonchev–Trinajstić information content (AvgIpc) is 2.44. The van der Waals surface area contributed by atoms with Crippen LogP contribution in [0.4, 0.5) is 25.8 Å². The molecule has 6 heteroatoms. The van der Waals surface area contributed by atoms with Crippen LogP contribution in [0.3, 0.4) is 0 Å². The summed E-state index contributed by atoms with van der Waals surface area (Å²) in [5, 5.41) is 2.68. The maximum Gasteiger partial charge on any atom is 0.340 e. The van der Waals surface area contributed by atoms with Crippen molar-refractivity contribution >= 4 is 23.0 Å². The smallest absolute Gasteiger partial charge is 0.340 e. The molecule has 0 aliphatic rings. The number of anilines is 3. The molecule has 20 heavy (non-hydrogen) atoms. The Balaban J connectivity index is 2.34.